The molecular formula is C21H32N4O2. The second-order valence-electron chi connectivity index (χ2n) is 7.73. The highest BCUT2D eigenvalue weighted by Gasteiger charge is 2.29. The maximum absolute atomic E-state index is 12.8. The Morgan fingerprint density at radius 1 is 1.00 bits per heavy atom. The zero-order valence-corrected chi connectivity index (χ0v) is 16.4. The van der Waals surface area contributed by atoms with Crippen LogP contribution in [0.25, 0.3) is 0 Å². The number of amides is 3. The van der Waals surface area contributed by atoms with E-state index in [1.807, 2.05) is 28.0 Å². The molecule has 6 nitrogen and oxygen atoms in total. The summed E-state index contributed by atoms with van der Waals surface area (Å²) in [6.45, 7) is 5.31. The van der Waals surface area contributed by atoms with Gasteiger partial charge in [0.2, 0.25) is 5.91 Å². The Labute approximate surface area is 162 Å². The molecule has 0 spiro atoms. The minimum Gasteiger partial charge on any atom is -0.341 e. The topological polar surface area (TPSA) is 55.9 Å². The van der Waals surface area contributed by atoms with Gasteiger partial charge in [0.15, 0.2) is 0 Å². The van der Waals surface area contributed by atoms with E-state index in [9.17, 15) is 9.59 Å². The van der Waals surface area contributed by atoms with Crippen molar-refractivity contribution in [1.82, 2.24) is 20.0 Å². The lowest BCUT2D eigenvalue weighted by molar-refractivity contribution is -0.137. The van der Waals surface area contributed by atoms with E-state index in [1.165, 1.54) is 5.56 Å². The normalized spacial score (nSPS) is 21.6. The van der Waals surface area contributed by atoms with E-state index >= 15 is 0 Å². The van der Waals surface area contributed by atoms with Crippen molar-refractivity contribution < 1.29 is 9.59 Å². The van der Waals surface area contributed by atoms with Crippen molar-refractivity contribution >= 4 is 11.9 Å². The van der Waals surface area contributed by atoms with Crippen LogP contribution < -0.4 is 5.32 Å². The summed E-state index contributed by atoms with van der Waals surface area (Å²) in [4.78, 5) is 31.4. The molecule has 0 aromatic heterocycles. The molecule has 2 saturated heterocycles. The third kappa shape index (κ3) is 5.70. The Balaban J connectivity index is 1.43. The molecule has 6 heteroatoms. The first-order chi connectivity index (χ1) is 13.1. The Morgan fingerprint density at radius 2 is 1.74 bits per heavy atom. The molecule has 1 aromatic rings. The van der Waals surface area contributed by atoms with Crippen LogP contribution in [0.3, 0.4) is 0 Å². The van der Waals surface area contributed by atoms with E-state index in [0.29, 0.717) is 26.2 Å². The summed E-state index contributed by atoms with van der Waals surface area (Å²) in [6.07, 6.45) is 3.76. The highest BCUT2D eigenvalue weighted by molar-refractivity contribution is 5.79. The van der Waals surface area contributed by atoms with Crippen LogP contribution in [-0.2, 0) is 11.2 Å². The van der Waals surface area contributed by atoms with E-state index in [-0.39, 0.29) is 17.9 Å². The third-order valence-corrected chi connectivity index (χ3v) is 5.60. The van der Waals surface area contributed by atoms with Crippen LogP contribution >= 0.6 is 0 Å². The number of benzene rings is 1. The Morgan fingerprint density at radius 3 is 2.52 bits per heavy atom. The molecule has 1 aromatic carbocycles. The van der Waals surface area contributed by atoms with Gasteiger partial charge in [-0.25, -0.2) is 4.79 Å². The van der Waals surface area contributed by atoms with E-state index in [4.69, 9.17) is 0 Å². The summed E-state index contributed by atoms with van der Waals surface area (Å²) < 4.78 is 0. The van der Waals surface area contributed by atoms with E-state index in [1.54, 1.807) is 0 Å². The Kier molecular flexibility index (Phi) is 7.10. The summed E-state index contributed by atoms with van der Waals surface area (Å²) in [5.41, 5.74) is 1.22. The van der Waals surface area contributed by atoms with Gasteiger partial charge in [-0.1, -0.05) is 30.3 Å². The fourth-order valence-electron chi connectivity index (χ4n) is 4.04. The monoisotopic (exact) mass is 372 g/mol. The number of piperidine rings is 1. The van der Waals surface area contributed by atoms with Crippen LogP contribution in [0, 0.1) is 5.92 Å². The van der Waals surface area contributed by atoms with Gasteiger partial charge >= 0.3 is 6.03 Å². The maximum atomic E-state index is 12.8. The zero-order chi connectivity index (χ0) is 19.1. The summed E-state index contributed by atoms with van der Waals surface area (Å²) in [6, 6.07) is 10.2. The molecule has 1 atom stereocenters. The molecular weight excluding hydrogens is 340 g/mol. The predicted octanol–water partition coefficient (Wildman–Crippen LogP) is 1.81. The summed E-state index contributed by atoms with van der Waals surface area (Å²) in [5.74, 6) is 0.392. The number of hydrogen-bond acceptors (Lipinski definition) is 3. The van der Waals surface area contributed by atoms with Gasteiger partial charge < -0.3 is 20.0 Å². The number of nitrogens with zero attached hydrogens (tertiary/aromatic N) is 3. The molecule has 3 rings (SSSR count). The average molecular weight is 373 g/mol. The minimum absolute atomic E-state index is 0.0161. The molecule has 27 heavy (non-hydrogen) atoms. The highest BCUT2D eigenvalue weighted by Crippen LogP contribution is 2.18. The number of urea groups is 1. The quantitative estimate of drug-likeness (QED) is 0.877. The summed E-state index contributed by atoms with van der Waals surface area (Å²) in [5, 5.41) is 3.02. The van der Waals surface area contributed by atoms with E-state index in [2.05, 4.69) is 29.4 Å². The summed E-state index contributed by atoms with van der Waals surface area (Å²) in [7, 11) is 2.09. The fourth-order valence-corrected chi connectivity index (χ4v) is 4.04. The second-order valence-corrected chi connectivity index (χ2v) is 7.73. The van der Waals surface area contributed by atoms with Crippen molar-refractivity contribution in [2.24, 2.45) is 5.92 Å². The highest BCUT2D eigenvalue weighted by atomic mass is 16.2. The number of hydrogen-bond donors (Lipinski definition) is 1. The van der Waals surface area contributed by atoms with Crippen LogP contribution in [0.1, 0.15) is 24.8 Å². The lowest BCUT2D eigenvalue weighted by Crippen LogP contribution is -2.46. The third-order valence-electron chi connectivity index (χ3n) is 5.60. The van der Waals surface area contributed by atoms with Crippen molar-refractivity contribution in [2.45, 2.75) is 25.7 Å². The number of carbonyl (C=O) groups is 2. The molecule has 0 aliphatic carbocycles. The van der Waals surface area contributed by atoms with Crippen molar-refractivity contribution in [3.05, 3.63) is 35.9 Å². The van der Waals surface area contributed by atoms with Gasteiger partial charge in [0.25, 0.3) is 0 Å². The Hall–Kier alpha value is -2.08. The SMILES string of the molecule is CN1CCCC(C(=O)N2CCCN(C(=O)NCCc3ccccc3)CC2)C1. The molecule has 148 valence electrons. The largest absolute Gasteiger partial charge is 0.341 e. The molecule has 2 aliphatic rings. The van der Waals surface area contributed by atoms with Gasteiger partial charge in [0.05, 0.1) is 5.92 Å². The number of nitrogens with one attached hydrogen (secondary N) is 1. The predicted molar refractivity (Wildman–Crippen MR) is 107 cm³/mol. The molecule has 1 unspecified atom stereocenters. The van der Waals surface area contributed by atoms with Gasteiger partial charge in [-0.3, -0.25) is 4.79 Å². The molecule has 2 aliphatic heterocycles. The van der Waals surface area contributed by atoms with Gasteiger partial charge in [-0.15, -0.1) is 0 Å². The van der Waals surface area contributed by atoms with Crippen molar-refractivity contribution in [3.63, 3.8) is 0 Å². The lowest BCUT2D eigenvalue weighted by atomic mass is 9.97. The first-order valence-corrected chi connectivity index (χ1v) is 10.2. The molecule has 3 amide bonds. The fraction of sp³-hybridized carbons (Fsp3) is 0.619. The van der Waals surface area contributed by atoms with Gasteiger partial charge in [0, 0.05) is 39.3 Å². The maximum Gasteiger partial charge on any atom is 0.317 e. The molecule has 0 saturated carbocycles. The lowest BCUT2D eigenvalue weighted by Gasteiger charge is -2.32. The van der Waals surface area contributed by atoms with Crippen LogP contribution in [0.2, 0.25) is 0 Å². The molecule has 2 heterocycles. The van der Waals surface area contributed by atoms with Crippen molar-refractivity contribution in [3.8, 4) is 0 Å². The molecule has 0 radical (unpaired) electrons. The van der Waals surface area contributed by atoms with E-state index < -0.39 is 0 Å². The summed E-state index contributed by atoms with van der Waals surface area (Å²) >= 11 is 0. The Bertz CT molecular complexity index is 622. The van der Waals surface area contributed by atoms with Crippen LogP contribution in [0.5, 0.6) is 0 Å². The van der Waals surface area contributed by atoms with Crippen LogP contribution in [-0.4, -0.2) is 79.5 Å². The van der Waals surface area contributed by atoms with Crippen molar-refractivity contribution in [1.29, 1.82) is 0 Å². The first-order valence-electron chi connectivity index (χ1n) is 10.2. The van der Waals surface area contributed by atoms with E-state index in [0.717, 1.165) is 45.3 Å². The molecule has 0 bridgehead atoms. The number of rotatable bonds is 4. The first kappa shape index (κ1) is 19.7. The zero-order valence-electron chi connectivity index (χ0n) is 16.4. The smallest absolute Gasteiger partial charge is 0.317 e. The number of carbonyl (C=O) groups excluding carboxylic acids is 2. The number of likely N-dealkylation sites (tertiary alicyclic amines) is 1. The van der Waals surface area contributed by atoms with Gasteiger partial charge in [-0.2, -0.15) is 0 Å². The average Bonchev–Trinajstić information content (AvgIpc) is 2.94. The second kappa shape index (κ2) is 9.74. The van der Waals surface area contributed by atoms with Gasteiger partial charge in [-0.05, 0) is 44.8 Å². The van der Waals surface area contributed by atoms with Crippen LogP contribution in [0.4, 0.5) is 4.79 Å². The van der Waals surface area contributed by atoms with Gasteiger partial charge in [0.1, 0.15) is 0 Å². The van der Waals surface area contributed by atoms with Crippen LogP contribution in [0.15, 0.2) is 30.3 Å². The molecule has 2 fully saturated rings. The molecule has 1 N–H and O–H groups in total. The standard InChI is InChI=1S/C21H32N4O2/c1-23-12-5-9-19(17-23)20(26)24-13-6-14-25(16-15-24)21(27)22-11-10-18-7-3-2-4-8-18/h2-4,7-8,19H,5-6,9-17H2,1H3,(H,22,27). The van der Waals surface area contributed by atoms with Crippen molar-refractivity contribution in [2.75, 3.05) is 52.9 Å². The minimum atomic E-state index is -0.0161.